The highest BCUT2D eigenvalue weighted by Gasteiger charge is 2.30. The highest BCUT2D eigenvalue weighted by Crippen LogP contribution is 2.34. The minimum absolute atomic E-state index is 0.408. The van der Waals surface area contributed by atoms with Crippen molar-refractivity contribution >= 4 is 5.95 Å². The molecule has 0 amide bonds. The number of rotatable bonds is 3. The standard InChI is InChI=1S/C17H14N4O2/c22-16-14-6-2-1-4-12(14)11-21(16)17-19-9-7-15(20-17)23-13-5-3-8-18-10-13/h1-10,16,22H,11H2. The number of aliphatic hydroxyl groups excluding tert-OH is 1. The molecule has 0 saturated carbocycles. The number of ether oxygens (including phenoxy) is 1. The molecular formula is C17H14N4O2. The first-order valence-electron chi connectivity index (χ1n) is 7.25. The van der Waals surface area contributed by atoms with E-state index in [4.69, 9.17) is 4.74 Å². The number of nitrogens with zero attached hydrogens (tertiary/aromatic N) is 4. The Kier molecular flexibility index (Phi) is 3.36. The average Bonchev–Trinajstić information content (AvgIpc) is 2.93. The fraction of sp³-hybridized carbons (Fsp3) is 0.118. The summed E-state index contributed by atoms with van der Waals surface area (Å²) in [5.74, 6) is 1.43. The van der Waals surface area contributed by atoms with Crippen LogP contribution in [-0.2, 0) is 6.54 Å². The molecule has 2 aromatic heterocycles. The van der Waals surface area contributed by atoms with Gasteiger partial charge in [-0.25, -0.2) is 4.98 Å². The van der Waals surface area contributed by atoms with Gasteiger partial charge in [-0.15, -0.1) is 0 Å². The third-order valence-corrected chi connectivity index (χ3v) is 3.70. The van der Waals surface area contributed by atoms with E-state index >= 15 is 0 Å². The van der Waals surface area contributed by atoms with Gasteiger partial charge in [0, 0.05) is 30.6 Å². The molecule has 3 aromatic rings. The highest BCUT2D eigenvalue weighted by molar-refractivity contribution is 5.46. The second kappa shape index (κ2) is 5.66. The fourth-order valence-electron chi connectivity index (χ4n) is 2.60. The van der Waals surface area contributed by atoms with Gasteiger partial charge in [-0.3, -0.25) is 4.98 Å². The molecular weight excluding hydrogens is 292 g/mol. The molecule has 23 heavy (non-hydrogen) atoms. The van der Waals surface area contributed by atoms with E-state index in [9.17, 15) is 5.11 Å². The van der Waals surface area contributed by atoms with Gasteiger partial charge in [-0.2, -0.15) is 4.98 Å². The Hall–Kier alpha value is -2.99. The first-order valence-corrected chi connectivity index (χ1v) is 7.25. The Morgan fingerprint density at radius 1 is 1.09 bits per heavy atom. The molecule has 0 aliphatic carbocycles. The van der Waals surface area contributed by atoms with Crippen LogP contribution in [0.4, 0.5) is 5.95 Å². The molecule has 1 aromatic carbocycles. The lowest BCUT2D eigenvalue weighted by atomic mass is 10.1. The number of aliphatic hydroxyl groups is 1. The first kappa shape index (κ1) is 13.7. The van der Waals surface area contributed by atoms with E-state index in [1.54, 1.807) is 41.7 Å². The molecule has 0 bridgehead atoms. The summed E-state index contributed by atoms with van der Waals surface area (Å²) in [5.41, 5.74) is 1.96. The van der Waals surface area contributed by atoms with Crippen LogP contribution in [0.25, 0.3) is 0 Å². The lowest BCUT2D eigenvalue weighted by Crippen LogP contribution is -2.23. The highest BCUT2D eigenvalue weighted by atomic mass is 16.5. The minimum Gasteiger partial charge on any atom is -0.437 e. The molecule has 1 aliphatic rings. The van der Waals surface area contributed by atoms with Crippen LogP contribution in [-0.4, -0.2) is 20.1 Å². The molecule has 0 fully saturated rings. The minimum atomic E-state index is -0.750. The number of pyridine rings is 1. The van der Waals surface area contributed by atoms with E-state index in [-0.39, 0.29) is 0 Å². The molecule has 0 spiro atoms. The predicted octanol–water partition coefficient (Wildman–Crippen LogP) is 2.68. The monoisotopic (exact) mass is 306 g/mol. The number of aromatic nitrogens is 3. The van der Waals surface area contributed by atoms with Crippen LogP contribution in [0.3, 0.4) is 0 Å². The molecule has 0 radical (unpaired) electrons. The summed E-state index contributed by atoms with van der Waals surface area (Å²) in [6, 6.07) is 13.0. The third kappa shape index (κ3) is 2.60. The maximum Gasteiger partial charge on any atom is 0.231 e. The van der Waals surface area contributed by atoms with Gasteiger partial charge in [-0.1, -0.05) is 24.3 Å². The van der Waals surface area contributed by atoms with E-state index in [1.165, 1.54) is 0 Å². The molecule has 1 atom stereocenters. The Morgan fingerprint density at radius 2 is 2.00 bits per heavy atom. The van der Waals surface area contributed by atoms with Crippen molar-refractivity contribution in [2.24, 2.45) is 0 Å². The second-order valence-corrected chi connectivity index (χ2v) is 5.19. The van der Waals surface area contributed by atoms with Crippen molar-refractivity contribution < 1.29 is 9.84 Å². The maximum absolute atomic E-state index is 10.5. The summed E-state index contributed by atoms with van der Waals surface area (Å²) in [5, 5.41) is 10.5. The molecule has 0 saturated heterocycles. The van der Waals surface area contributed by atoms with Gasteiger partial charge in [0.1, 0.15) is 5.75 Å². The third-order valence-electron chi connectivity index (χ3n) is 3.70. The molecule has 114 valence electrons. The molecule has 3 heterocycles. The van der Waals surface area contributed by atoms with Gasteiger partial charge < -0.3 is 14.7 Å². The summed E-state index contributed by atoms with van der Waals surface area (Å²) < 4.78 is 5.67. The van der Waals surface area contributed by atoms with Crippen LogP contribution in [0.15, 0.2) is 61.1 Å². The van der Waals surface area contributed by atoms with E-state index in [0.29, 0.717) is 24.1 Å². The number of hydrogen-bond acceptors (Lipinski definition) is 6. The molecule has 4 rings (SSSR count). The Bertz CT molecular complexity index is 826. The van der Waals surface area contributed by atoms with Gasteiger partial charge >= 0.3 is 0 Å². The van der Waals surface area contributed by atoms with Crippen LogP contribution in [0.2, 0.25) is 0 Å². The van der Waals surface area contributed by atoms with Crippen molar-refractivity contribution in [3.63, 3.8) is 0 Å². The Labute approximate surface area is 133 Å². The van der Waals surface area contributed by atoms with Gasteiger partial charge in [0.2, 0.25) is 11.8 Å². The number of anilines is 1. The summed E-state index contributed by atoms with van der Waals surface area (Å²) in [4.78, 5) is 14.4. The van der Waals surface area contributed by atoms with Crippen LogP contribution >= 0.6 is 0 Å². The Morgan fingerprint density at radius 3 is 2.83 bits per heavy atom. The lowest BCUT2D eigenvalue weighted by Gasteiger charge is -2.20. The van der Waals surface area contributed by atoms with E-state index in [1.807, 2.05) is 24.3 Å². The van der Waals surface area contributed by atoms with E-state index in [2.05, 4.69) is 15.0 Å². The quantitative estimate of drug-likeness (QED) is 0.802. The smallest absolute Gasteiger partial charge is 0.231 e. The van der Waals surface area contributed by atoms with E-state index < -0.39 is 6.23 Å². The topological polar surface area (TPSA) is 71.4 Å². The van der Waals surface area contributed by atoms with Crippen molar-refractivity contribution in [3.05, 3.63) is 72.2 Å². The summed E-state index contributed by atoms with van der Waals surface area (Å²) >= 11 is 0. The molecule has 6 nitrogen and oxygen atoms in total. The zero-order chi connectivity index (χ0) is 15.6. The average molecular weight is 306 g/mol. The van der Waals surface area contributed by atoms with Crippen LogP contribution in [0.1, 0.15) is 17.4 Å². The molecule has 6 heteroatoms. The van der Waals surface area contributed by atoms with Gasteiger partial charge in [0.25, 0.3) is 0 Å². The van der Waals surface area contributed by atoms with Crippen molar-refractivity contribution in [2.75, 3.05) is 4.90 Å². The van der Waals surface area contributed by atoms with Gasteiger partial charge in [0.15, 0.2) is 6.23 Å². The van der Waals surface area contributed by atoms with Crippen molar-refractivity contribution in [1.82, 2.24) is 15.0 Å². The zero-order valence-electron chi connectivity index (χ0n) is 12.2. The van der Waals surface area contributed by atoms with Crippen molar-refractivity contribution in [3.8, 4) is 11.6 Å². The number of hydrogen-bond donors (Lipinski definition) is 1. The second-order valence-electron chi connectivity index (χ2n) is 5.19. The van der Waals surface area contributed by atoms with E-state index in [0.717, 1.165) is 11.1 Å². The fourth-order valence-corrected chi connectivity index (χ4v) is 2.60. The lowest BCUT2D eigenvalue weighted by molar-refractivity contribution is 0.179. The summed E-state index contributed by atoms with van der Waals surface area (Å²) in [7, 11) is 0. The van der Waals surface area contributed by atoms with Crippen molar-refractivity contribution in [2.45, 2.75) is 12.8 Å². The summed E-state index contributed by atoms with van der Waals surface area (Å²) in [6.45, 7) is 0.563. The number of benzene rings is 1. The van der Waals surface area contributed by atoms with Gasteiger partial charge in [0.05, 0.1) is 6.20 Å². The summed E-state index contributed by atoms with van der Waals surface area (Å²) in [6.07, 6.45) is 4.15. The zero-order valence-corrected chi connectivity index (χ0v) is 12.2. The van der Waals surface area contributed by atoms with Crippen LogP contribution < -0.4 is 9.64 Å². The van der Waals surface area contributed by atoms with Gasteiger partial charge in [-0.05, 0) is 17.7 Å². The first-order chi connectivity index (χ1) is 11.3. The van der Waals surface area contributed by atoms with Crippen molar-refractivity contribution in [1.29, 1.82) is 0 Å². The van der Waals surface area contributed by atoms with Crippen LogP contribution in [0, 0.1) is 0 Å². The largest absolute Gasteiger partial charge is 0.437 e. The predicted molar refractivity (Wildman–Crippen MR) is 83.9 cm³/mol. The normalized spacial score (nSPS) is 16.2. The molecule has 1 aliphatic heterocycles. The molecule has 1 unspecified atom stereocenters. The Balaban J connectivity index is 1.60. The maximum atomic E-state index is 10.5. The molecule has 1 N–H and O–H groups in total. The SMILES string of the molecule is OC1c2ccccc2CN1c1nccc(Oc2cccnc2)n1. The van der Waals surface area contributed by atoms with Crippen LogP contribution in [0.5, 0.6) is 11.6 Å². The number of fused-ring (bicyclic) bond motifs is 1.